The van der Waals surface area contributed by atoms with E-state index in [-0.39, 0.29) is 24.8 Å². The number of nitrogens with one attached hydrogen (secondary N) is 2. The Hall–Kier alpha value is -1.98. The van der Waals surface area contributed by atoms with Crippen molar-refractivity contribution in [2.45, 2.75) is 103 Å². The van der Waals surface area contributed by atoms with Crippen molar-refractivity contribution in [1.82, 2.24) is 9.97 Å². The Balaban J connectivity index is 0.00000221. The van der Waals surface area contributed by atoms with Crippen molar-refractivity contribution in [3.8, 4) is 0 Å². The maximum atomic E-state index is 6.28. The summed E-state index contributed by atoms with van der Waals surface area (Å²) in [5.41, 5.74) is 10.1. The number of rotatable bonds is 13. The summed E-state index contributed by atoms with van der Waals surface area (Å²) in [4.78, 5) is 9.91. The first-order valence-corrected chi connectivity index (χ1v) is 17.1. The Bertz CT molecular complexity index is 1430. The van der Waals surface area contributed by atoms with Gasteiger partial charge in [0.05, 0.1) is 11.0 Å². The van der Waals surface area contributed by atoms with E-state index >= 15 is 0 Å². The van der Waals surface area contributed by atoms with Crippen molar-refractivity contribution in [1.29, 1.82) is 0 Å². The molecule has 4 nitrogen and oxygen atoms in total. The van der Waals surface area contributed by atoms with E-state index in [0.29, 0.717) is 0 Å². The van der Waals surface area contributed by atoms with Crippen LogP contribution in [-0.4, -0.2) is 23.1 Å². The quantitative estimate of drug-likeness (QED) is 0.138. The van der Waals surface area contributed by atoms with Crippen molar-refractivity contribution in [2.75, 3.05) is 23.7 Å². The molecule has 2 aromatic heterocycles. The fourth-order valence-corrected chi connectivity index (χ4v) is 7.27. The van der Waals surface area contributed by atoms with E-state index in [1.54, 1.807) is 0 Å². The molecule has 0 atom stereocenters. The molecule has 2 aliphatic carbocycles. The van der Waals surface area contributed by atoms with Gasteiger partial charge in [-0.2, -0.15) is 0 Å². The Kier molecular flexibility index (Phi) is 13.5. The van der Waals surface area contributed by atoms with Gasteiger partial charge >= 0.3 is 0 Å². The Labute approximate surface area is 285 Å². The minimum Gasteiger partial charge on any atom is -0.384 e. The van der Waals surface area contributed by atoms with Gasteiger partial charge in [-0.3, -0.25) is 9.97 Å². The van der Waals surface area contributed by atoms with Crippen LogP contribution >= 0.6 is 48.0 Å². The predicted molar refractivity (Wildman–Crippen MR) is 195 cm³/mol. The summed E-state index contributed by atoms with van der Waals surface area (Å²) in [6.45, 7) is 2.05. The minimum absolute atomic E-state index is 0. The Morgan fingerprint density at radius 1 is 0.523 bits per heavy atom. The van der Waals surface area contributed by atoms with E-state index in [1.165, 1.54) is 122 Å². The molecule has 4 aromatic rings. The van der Waals surface area contributed by atoms with Gasteiger partial charge in [0.25, 0.3) is 0 Å². The highest BCUT2D eigenvalue weighted by Gasteiger charge is 2.19. The molecule has 2 N–H and O–H groups in total. The van der Waals surface area contributed by atoms with Gasteiger partial charge in [-0.05, 0) is 112 Å². The number of fused-ring (bicyclic) bond motifs is 4. The van der Waals surface area contributed by atoms with Gasteiger partial charge in [-0.1, -0.05) is 61.7 Å². The van der Waals surface area contributed by atoms with Gasteiger partial charge in [0.15, 0.2) is 0 Å². The molecule has 2 aliphatic rings. The van der Waals surface area contributed by atoms with Gasteiger partial charge in [-0.15, -0.1) is 24.8 Å². The number of halogens is 4. The van der Waals surface area contributed by atoms with E-state index in [1.807, 2.05) is 24.3 Å². The van der Waals surface area contributed by atoms with Crippen LogP contribution in [0.3, 0.4) is 0 Å². The van der Waals surface area contributed by atoms with Crippen LogP contribution in [0.2, 0.25) is 10.0 Å². The number of pyridine rings is 2. The average Bonchev–Trinajstić information content (AvgIpc) is 3.00. The lowest BCUT2D eigenvalue weighted by Crippen LogP contribution is -2.12. The van der Waals surface area contributed by atoms with Crippen molar-refractivity contribution in [3.63, 3.8) is 0 Å². The molecule has 0 aliphatic heterocycles. The number of hydrogen-bond acceptors (Lipinski definition) is 4. The topological polar surface area (TPSA) is 49.8 Å². The van der Waals surface area contributed by atoms with E-state index < -0.39 is 0 Å². The molecular formula is C36H46Cl4N4. The second kappa shape index (κ2) is 17.1. The van der Waals surface area contributed by atoms with Crippen LogP contribution in [0.25, 0.3) is 21.8 Å². The summed E-state index contributed by atoms with van der Waals surface area (Å²) in [5.74, 6) is 0. The molecule has 8 heteroatoms. The summed E-state index contributed by atoms with van der Waals surface area (Å²) in [7, 11) is 0. The number of unbranched alkanes of at least 4 members (excludes halogenated alkanes) is 7. The molecule has 2 heterocycles. The molecule has 0 radical (unpaired) electrons. The lowest BCUT2D eigenvalue weighted by Gasteiger charge is -2.22. The molecule has 238 valence electrons. The lowest BCUT2D eigenvalue weighted by molar-refractivity contribution is 0.577. The van der Waals surface area contributed by atoms with Crippen molar-refractivity contribution in [2.24, 2.45) is 0 Å². The Morgan fingerprint density at radius 3 is 1.34 bits per heavy atom. The molecule has 0 spiro atoms. The first-order chi connectivity index (χ1) is 20.7. The van der Waals surface area contributed by atoms with Crippen LogP contribution in [0.15, 0.2) is 36.4 Å². The van der Waals surface area contributed by atoms with Gasteiger partial charge in [0, 0.05) is 56.7 Å². The molecule has 0 fully saturated rings. The predicted octanol–water partition coefficient (Wildman–Crippen LogP) is 11.3. The van der Waals surface area contributed by atoms with Gasteiger partial charge < -0.3 is 10.6 Å². The summed E-state index contributed by atoms with van der Waals surface area (Å²) < 4.78 is 0. The number of aryl methyl sites for hydroxylation is 2. The molecule has 0 saturated heterocycles. The average molecular weight is 677 g/mol. The van der Waals surface area contributed by atoms with Crippen LogP contribution in [0, 0.1) is 0 Å². The van der Waals surface area contributed by atoms with E-state index in [0.717, 1.165) is 59.9 Å². The molecule has 0 unspecified atom stereocenters. The van der Waals surface area contributed by atoms with Gasteiger partial charge in [-0.25, -0.2) is 0 Å². The summed E-state index contributed by atoms with van der Waals surface area (Å²) in [6.07, 6.45) is 19.7. The van der Waals surface area contributed by atoms with Crippen LogP contribution in [-0.2, 0) is 25.7 Å². The largest absolute Gasteiger partial charge is 0.384 e. The molecule has 6 rings (SSSR count). The summed E-state index contributed by atoms with van der Waals surface area (Å²) in [6, 6.07) is 12.3. The number of nitrogens with zero attached hydrogens (tertiary/aromatic N) is 2. The molecule has 0 bridgehead atoms. The normalized spacial score (nSPS) is 14.0. The van der Waals surface area contributed by atoms with Gasteiger partial charge in [0.1, 0.15) is 0 Å². The zero-order valence-corrected chi connectivity index (χ0v) is 28.8. The molecule has 0 amide bonds. The van der Waals surface area contributed by atoms with Crippen molar-refractivity contribution in [3.05, 3.63) is 69.0 Å². The second-order valence-electron chi connectivity index (χ2n) is 12.2. The highest BCUT2D eigenvalue weighted by atomic mass is 35.5. The monoisotopic (exact) mass is 674 g/mol. The molecular weight excluding hydrogens is 630 g/mol. The van der Waals surface area contributed by atoms with E-state index in [4.69, 9.17) is 33.2 Å². The highest BCUT2D eigenvalue weighted by molar-refractivity contribution is 6.31. The van der Waals surface area contributed by atoms with Gasteiger partial charge in [0.2, 0.25) is 0 Å². The van der Waals surface area contributed by atoms with Crippen molar-refractivity contribution < 1.29 is 0 Å². The molecule has 2 aromatic carbocycles. The molecule has 44 heavy (non-hydrogen) atoms. The third-order valence-electron chi connectivity index (χ3n) is 9.16. The fourth-order valence-electron chi connectivity index (χ4n) is 6.94. The lowest BCUT2D eigenvalue weighted by atomic mass is 9.92. The second-order valence-corrected chi connectivity index (χ2v) is 13.1. The fraction of sp³-hybridized carbons (Fsp3) is 0.500. The number of benzene rings is 2. The minimum atomic E-state index is 0. The third-order valence-corrected chi connectivity index (χ3v) is 9.63. The van der Waals surface area contributed by atoms with E-state index in [9.17, 15) is 0 Å². The zero-order chi connectivity index (χ0) is 28.7. The molecule has 0 saturated carbocycles. The van der Waals surface area contributed by atoms with Crippen molar-refractivity contribution >= 4 is 81.2 Å². The standard InChI is InChI=1S/C36H44Cl2N4.2ClH/c37-25-17-19-29-33(23-25)41-31-15-9-7-13-27(31)35(29)39-21-11-5-3-1-2-4-6-12-22-40-36-28-14-8-10-16-32(28)42-34-24-26(38)18-20-30(34)36;;/h17-20,23-24H,1-16,21-22H2,(H,39,41)(H,40,42);2*1H. The summed E-state index contributed by atoms with van der Waals surface area (Å²) in [5, 5.41) is 11.6. The smallest absolute Gasteiger partial charge is 0.0741 e. The number of anilines is 2. The van der Waals surface area contributed by atoms with Crippen LogP contribution in [0.5, 0.6) is 0 Å². The van der Waals surface area contributed by atoms with Crippen LogP contribution in [0.4, 0.5) is 11.4 Å². The first-order valence-electron chi connectivity index (χ1n) is 16.4. The summed E-state index contributed by atoms with van der Waals surface area (Å²) >= 11 is 12.6. The highest BCUT2D eigenvalue weighted by Crippen LogP contribution is 2.36. The Morgan fingerprint density at radius 2 is 0.909 bits per heavy atom. The SMILES string of the molecule is Cl.Cl.Clc1ccc2c(NCCCCCCCCCCNc3c4c(nc5cc(Cl)ccc35)CCCC4)c3c(nc2c1)CCCC3. The van der Waals surface area contributed by atoms with E-state index in [2.05, 4.69) is 22.8 Å². The maximum absolute atomic E-state index is 6.28. The first kappa shape index (κ1) is 34.9. The third kappa shape index (κ3) is 8.43. The zero-order valence-electron chi connectivity index (χ0n) is 25.7. The van der Waals surface area contributed by atoms with Crippen LogP contribution in [0.1, 0.15) is 99.6 Å². The maximum Gasteiger partial charge on any atom is 0.0741 e. The number of aromatic nitrogens is 2. The van der Waals surface area contributed by atoms with Crippen LogP contribution < -0.4 is 10.6 Å². The number of hydrogen-bond donors (Lipinski definition) is 2.